The van der Waals surface area contributed by atoms with Crippen LogP contribution in [0.1, 0.15) is 17.7 Å². The first-order valence-corrected chi connectivity index (χ1v) is 4.56. The van der Waals surface area contributed by atoms with Crippen LogP contribution < -0.4 is 5.32 Å². The van der Waals surface area contributed by atoms with Gasteiger partial charge >= 0.3 is 0 Å². The largest absolute Gasteiger partial charge is 0.319 e. The molecule has 1 atom stereocenters. The zero-order valence-corrected chi connectivity index (χ0v) is 7.43. The van der Waals surface area contributed by atoms with E-state index in [0.29, 0.717) is 0 Å². The van der Waals surface area contributed by atoms with Gasteiger partial charge in [-0.25, -0.2) is 0 Å². The van der Waals surface area contributed by atoms with Crippen molar-refractivity contribution in [2.24, 2.45) is 5.92 Å². The quantitative estimate of drug-likeness (QED) is 0.678. The summed E-state index contributed by atoms with van der Waals surface area (Å²) in [6.45, 7) is 1.12. The van der Waals surface area contributed by atoms with E-state index in [2.05, 4.69) is 15.5 Å². The summed E-state index contributed by atoms with van der Waals surface area (Å²) in [5.74, 6) is 0.794. The summed E-state index contributed by atoms with van der Waals surface area (Å²) in [5.41, 5.74) is 2.77. The number of aryl methyl sites for hydroxylation is 1. The van der Waals surface area contributed by atoms with E-state index in [-0.39, 0.29) is 0 Å². The summed E-state index contributed by atoms with van der Waals surface area (Å²) < 4.78 is 0. The third-order valence-corrected chi connectivity index (χ3v) is 2.62. The van der Waals surface area contributed by atoms with Crippen LogP contribution in [0.25, 0.3) is 0 Å². The third kappa shape index (κ3) is 1.37. The van der Waals surface area contributed by atoms with Crippen molar-refractivity contribution in [3.05, 3.63) is 17.5 Å². The molecule has 1 unspecified atom stereocenters. The van der Waals surface area contributed by atoms with Crippen LogP contribution in [0.5, 0.6) is 0 Å². The summed E-state index contributed by atoms with van der Waals surface area (Å²) >= 11 is 0. The Morgan fingerprint density at radius 1 is 1.75 bits per heavy atom. The normalized spacial score (nSPS) is 22.2. The van der Waals surface area contributed by atoms with Gasteiger partial charge in [0.15, 0.2) is 0 Å². The van der Waals surface area contributed by atoms with Gasteiger partial charge in [0, 0.05) is 5.69 Å². The Labute approximate surface area is 72.6 Å². The maximum Gasteiger partial charge on any atom is 0.0522 e. The Kier molecular flexibility index (Phi) is 2.13. The minimum atomic E-state index is 0.794. The molecule has 0 radical (unpaired) electrons. The second kappa shape index (κ2) is 3.27. The van der Waals surface area contributed by atoms with Crippen molar-refractivity contribution in [2.75, 3.05) is 13.6 Å². The van der Waals surface area contributed by atoms with Crippen molar-refractivity contribution in [3.63, 3.8) is 0 Å². The molecule has 0 aromatic carbocycles. The lowest BCUT2D eigenvalue weighted by atomic mass is 9.88. The van der Waals surface area contributed by atoms with E-state index < -0.39 is 0 Å². The lowest BCUT2D eigenvalue weighted by Gasteiger charge is -2.20. The van der Waals surface area contributed by atoms with Gasteiger partial charge in [-0.2, -0.15) is 5.10 Å². The average molecular weight is 165 g/mol. The second-order valence-electron chi connectivity index (χ2n) is 3.54. The summed E-state index contributed by atoms with van der Waals surface area (Å²) in [7, 11) is 2.02. The smallest absolute Gasteiger partial charge is 0.0522 e. The van der Waals surface area contributed by atoms with Crippen LogP contribution in [-0.2, 0) is 12.8 Å². The first-order chi connectivity index (χ1) is 5.90. The molecule has 0 fully saturated rings. The number of hydrogen-bond donors (Lipinski definition) is 2. The summed E-state index contributed by atoms with van der Waals surface area (Å²) in [5, 5.41) is 10.3. The molecule has 2 rings (SSSR count). The molecule has 3 heteroatoms. The molecule has 1 heterocycles. The average Bonchev–Trinajstić information content (AvgIpc) is 2.51. The summed E-state index contributed by atoms with van der Waals surface area (Å²) in [4.78, 5) is 0. The van der Waals surface area contributed by atoms with Gasteiger partial charge < -0.3 is 5.32 Å². The fourth-order valence-corrected chi connectivity index (χ4v) is 1.94. The van der Waals surface area contributed by atoms with Crippen molar-refractivity contribution in [3.8, 4) is 0 Å². The Balaban J connectivity index is 2.05. The molecular formula is C9H15N3. The number of hydrogen-bond acceptors (Lipinski definition) is 2. The van der Waals surface area contributed by atoms with Crippen LogP contribution in [0.3, 0.4) is 0 Å². The number of nitrogens with one attached hydrogen (secondary N) is 2. The van der Waals surface area contributed by atoms with Gasteiger partial charge in [0.05, 0.1) is 6.20 Å². The highest BCUT2D eigenvalue weighted by Gasteiger charge is 2.18. The van der Waals surface area contributed by atoms with Crippen molar-refractivity contribution >= 4 is 0 Å². The molecule has 1 aliphatic rings. The zero-order valence-electron chi connectivity index (χ0n) is 7.43. The summed E-state index contributed by atoms with van der Waals surface area (Å²) in [6, 6.07) is 0. The fraction of sp³-hybridized carbons (Fsp3) is 0.667. The summed E-state index contributed by atoms with van der Waals surface area (Å²) in [6.07, 6.45) is 5.62. The first kappa shape index (κ1) is 7.80. The standard InChI is InChI=1S/C9H15N3/c1-10-5-7-2-3-8-6-11-12-9(8)4-7/h6-7,10H,2-5H2,1H3,(H,11,12). The fourth-order valence-electron chi connectivity index (χ4n) is 1.94. The number of H-pyrrole nitrogens is 1. The molecule has 0 aliphatic heterocycles. The molecule has 0 amide bonds. The van der Waals surface area contributed by atoms with Gasteiger partial charge in [-0.3, -0.25) is 5.10 Å². The number of rotatable bonds is 2. The van der Waals surface area contributed by atoms with Gasteiger partial charge in [-0.05, 0) is 44.3 Å². The molecule has 1 aromatic rings. The van der Waals surface area contributed by atoms with Crippen LogP contribution >= 0.6 is 0 Å². The molecular weight excluding hydrogens is 150 g/mol. The Morgan fingerprint density at radius 2 is 2.67 bits per heavy atom. The first-order valence-electron chi connectivity index (χ1n) is 4.56. The SMILES string of the molecule is CNCC1CCc2cn[nH]c2C1. The number of aromatic amines is 1. The number of aromatic nitrogens is 2. The molecule has 0 saturated heterocycles. The van der Waals surface area contributed by atoms with Gasteiger partial charge in [0.2, 0.25) is 0 Å². The van der Waals surface area contributed by atoms with Crippen molar-refractivity contribution in [2.45, 2.75) is 19.3 Å². The van der Waals surface area contributed by atoms with Gasteiger partial charge in [0.1, 0.15) is 0 Å². The zero-order chi connectivity index (χ0) is 8.39. The second-order valence-corrected chi connectivity index (χ2v) is 3.54. The van der Waals surface area contributed by atoms with Gasteiger partial charge in [-0.15, -0.1) is 0 Å². The highest BCUT2D eigenvalue weighted by atomic mass is 15.1. The molecule has 0 bridgehead atoms. The lowest BCUT2D eigenvalue weighted by Crippen LogP contribution is -2.24. The molecule has 3 nitrogen and oxygen atoms in total. The molecule has 0 spiro atoms. The van der Waals surface area contributed by atoms with Crippen molar-refractivity contribution in [1.82, 2.24) is 15.5 Å². The molecule has 1 aliphatic carbocycles. The Hall–Kier alpha value is -0.830. The van der Waals surface area contributed by atoms with Gasteiger partial charge in [0.25, 0.3) is 0 Å². The van der Waals surface area contributed by atoms with Crippen LogP contribution in [0.4, 0.5) is 0 Å². The topological polar surface area (TPSA) is 40.7 Å². The molecule has 1 aromatic heterocycles. The van der Waals surface area contributed by atoms with E-state index in [1.54, 1.807) is 0 Å². The lowest BCUT2D eigenvalue weighted by molar-refractivity contribution is 0.436. The number of fused-ring (bicyclic) bond motifs is 1. The Morgan fingerprint density at radius 3 is 3.50 bits per heavy atom. The predicted molar refractivity (Wildman–Crippen MR) is 48.0 cm³/mol. The van der Waals surface area contributed by atoms with Crippen molar-refractivity contribution in [1.29, 1.82) is 0 Å². The molecule has 2 N–H and O–H groups in total. The minimum absolute atomic E-state index is 0.794. The molecule has 0 saturated carbocycles. The van der Waals surface area contributed by atoms with Crippen LogP contribution in [0, 0.1) is 5.92 Å². The minimum Gasteiger partial charge on any atom is -0.319 e. The maximum absolute atomic E-state index is 4.05. The molecule has 12 heavy (non-hydrogen) atoms. The monoisotopic (exact) mass is 165 g/mol. The van der Waals surface area contributed by atoms with E-state index in [0.717, 1.165) is 18.9 Å². The van der Waals surface area contributed by atoms with Crippen LogP contribution in [0.15, 0.2) is 6.20 Å². The predicted octanol–water partition coefficient (Wildman–Crippen LogP) is 0.734. The highest BCUT2D eigenvalue weighted by molar-refractivity contribution is 5.19. The van der Waals surface area contributed by atoms with Gasteiger partial charge in [-0.1, -0.05) is 0 Å². The van der Waals surface area contributed by atoms with E-state index in [9.17, 15) is 0 Å². The van der Waals surface area contributed by atoms with E-state index in [4.69, 9.17) is 0 Å². The Bertz CT molecular complexity index is 254. The maximum atomic E-state index is 4.05. The molecule has 66 valence electrons. The van der Waals surface area contributed by atoms with E-state index in [1.807, 2.05) is 13.2 Å². The van der Waals surface area contributed by atoms with Crippen molar-refractivity contribution < 1.29 is 0 Å². The van der Waals surface area contributed by atoms with Crippen LogP contribution in [-0.4, -0.2) is 23.8 Å². The third-order valence-electron chi connectivity index (χ3n) is 2.62. The van der Waals surface area contributed by atoms with E-state index in [1.165, 1.54) is 24.1 Å². The van der Waals surface area contributed by atoms with E-state index >= 15 is 0 Å². The number of nitrogens with zero attached hydrogens (tertiary/aromatic N) is 1. The van der Waals surface area contributed by atoms with Crippen LogP contribution in [0.2, 0.25) is 0 Å². The highest BCUT2D eigenvalue weighted by Crippen LogP contribution is 2.22.